The molecule has 106 valence electrons. The zero-order valence-electron chi connectivity index (χ0n) is 12.3. The maximum Gasteiger partial charge on any atom is 0.157 e. The minimum Gasteiger partial charge on any atom is -0.380 e. The lowest BCUT2D eigenvalue weighted by Gasteiger charge is -2.25. The number of hydrogen-bond donors (Lipinski definition) is 1. The summed E-state index contributed by atoms with van der Waals surface area (Å²) in [4.78, 5) is 4.57. The quantitative estimate of drug-likeness (QED) is 0.688. The summed E-state index contributed by atoms with van der Waals surface area (Å²) < 4.78 is 5.56. The van der Waals surface area contributed by atoms with E-state index in [1.165, 1.54) is 12.8 Å². The van der Waals surface area contributed by atoms with Gasteiger partial charge >= 0.3 is 0 Å². The molecule has 0 bridgehead atoms. The molecule has 0 aromatic heterocycles. The van der Waals surface area contributed by atoms with E-state index in [1.54, 1.807) is 0 Å². The summed E-state index contributed by atoms with van der Waals surface area (Å²) in [5.74, 6) is 1.87. The van der Waals surface area contributed by atoms with E-state index in [4.69, 9.17) is 4.74 Å². The Kier molecular flexibility index (Phi) is 7.08. The van der Waals surface area contributed by atoms with Crippen LogP contribution in [-0.2, 0) is 4.74 Å². The van der Waals surface area contributed by atoms with Crippen molar-refractivity contribution in [2.24, 2.45) is 10.9 Å². The van der Waals surface area contributed by atoms with E-state index >= 15 is 0 Å². The number of ether oxygens (including phenoxy) is 1. The molecule has 18 heavy (non-hydrogen) atoms. The molecule has 1 heterocycles. The van der Waals surface area contributed by atoms with E-state index in [0.717, 1.165) is 43.0 Å². The summed E-state index contributed by atoms with van der Waals surface area (Å²) in [6, 6.07) is 0. The van der Waals surface area contributed by atoms with Crippen LogP contribution >= 0.6 is 11.8 Å². The average Bonchev–Trinajstić information content (AvgIpc) is 2.77. The Morgan fingerprint density at radius 2 is 2.06 bits per heavy atom. The fraction of sp³-hybridized carbons (Fsp3) is 0.929. The van der Waals surface area contributed by atoms with E-state index < -0.39 is 0 Å². The van der Waals surface area contributed by atoms with E-state index in [1.807, 2.05) is 11.8 Å². The smallest absolute Gasteiger partial charge is 0.157 e. The molecule has 1 rings (SSSR count). The van der Waals surface area contributed by atoms with Gasteiger partial charge in [0.2, 0.25) is 0 Å². The standard InChI is InChI=1S/C14H28N2OS/c1-5-14(6-2)11-18-13(16-14)15-8-10-17-9-7-12(3)4/h12H,5-11H2,1-4H3,(H,15,16). The second-order valence-electron chi connectivity index (χ2n) is 5.38. The van der Waals surface area contributed by atoms with Crippen molar-refractivity contribution in [3.8, 4) is 0 Å². The largest absolute Gasteiger partial charge is 0.380 e. The number of nitrogens with zero attached hydrogens (tertiary/aromatic N) is 1. The molecule has 1 N–H and O–H groups in total. The molecule has 1 aliphatic heterocycles. The minimum atomic E-state index is 0.280. The SMILES string of the molecule is CCC1(CC)CSC(=NCCOCCC(C)C)N1. The molecule has 0 aromatic rings. The number of aliphatic imine (C=N–C) groups is 1. The molecule has 0 aliphatic carbocycles. The summed E-state index contributed by atoms with van der Waals surface area (Å²) in [7, 11) is 0. The normalized spacial score (nSPS) is 20.6. The highest BCUT2D eigenvalue weighted by Crippen LogP contribution is 2.28. The molecule has 0 radical (unpaired) electrons. The fourth-order valence-electron chi connectivity index (χ4n) is 1.85. The fourth-order valence-corrected chi connectivity index (χ4v) is 3.22. The molecule has 1 fully saturated rings. The van der Waals surface area contributed by atoms with Crippen molar-refractivity contribution in [2.45, 2.75) is 52.5 Å². The third-order valence-electron chi connectivity index (χ3n) is 3.54. The summed E-state index contributed by atoms with van der Waals surface area (Å²) >= 11 is 1.85. The number of hydrogen-bond acceptors (Lipinski definition) is 3. The maximum atomic E-state index is 5.56. The Morgan fingerprint density at radius 3 is 2.61 bits per heavy atom. The first kappa shape index (κ1) is 15.8. The van der Waals surface area contributed by atoms with Crippen LogP contribution in [0.25, 0.3) is 0 Å². The topological polar surface area (TPSA) is 33.6 Å². The van der Waals surface area contributed by atoms with Crippen LogP contribution in [0.3, 0.4) is 0 Å². The number of nitrogens with one attached hydrogen (secondary N) is 1. The Balaban J connectivity index is 2.17. The van der Waals surface area contributed by atoms with Crippen molar-refractivity contribution in [1.82, 2.24) is 5.32 Å². The average molecular weight is 272 g/mol. The number of thioether (sulfide) groups is 1. The number of amidine groups is 1. The van der Waals surface area contributed by atoms with Gasteiger partial charge in [0, 0.05) is 17.9 Å². The Bertz CT molecular complexity index is 263. The van der Waals surface area contributed by atoms with E-state index in [2.05, 4.69) is 38.0 Å². The molecule has 0 atom stereocenters. The van der Waals surface area contributed by atoms with Crippen LogP contribution in [0.5, 0.6) is 0 Å². The third kappa shape index (κ3) is 5.19. The Hall–Kier alpha value is -0.220. The van der Waals surface area contributed by atoms with Gasteiger partial charge in [-0.1, -0.05) is 39.5 Å². The van der Waals surface area contributed by atoms with E-state index in [9.17, 15) is 0 Å². The van der Waals surface area contributed by atoms with Crippen LogP contribution in [0, 0.1) is 5.92 Å². The van der Waals surface area contributed by atoms with Gasteiger partial charge in [0.25, 0.3) is 0 Å². The second kappa shape index (κ2) is 8.05. The van der Waals surface area contributed by atoms with Crippen LogP contribution < -0.4 is 5.32 Å². The van der Waals surface area contributed by atoms with Crippen molar-refractivity contribution < 1.29 is 4.74 Å². The monoisotopic (exact) mass is 272 g/mol. The molecule has 0 unspecified atom stereocenters. The molecule has 0 spiro atoms. The molecule has 3 nitrogen and oxygen atoms in total. The Labute approximate surface area is 116 Å². The van der Waals surface area contributed by atoms with Gasteiger partial charge in [-0.2, -0.15) is 0 Å². The van der Waals surface area contributed by atoms with Gasteiger partial charge in [-0.05, 0) is 25.2 Å². The van der Waals surface area contributed by atoms with Crippen LogP contribution in [-0.4, -0.2) is 36.2 Å². The van der Waals surface area contributed by atoms with Gasteiger partial charge in [0.05, 0.1) is 13.2 Å². The second-order valence-corrected chi connectivity index (χ2v) is 6.35. The molecule has 4 heteroatoms. The van der Waals surface area contributed by atoms with Crippen LogP contribution in [0.1, 0.15) is 47.0 Å². The highest BCUT2D eigenvalue weighted by atomic mass is 32.2. The molecular formula is C14H28N2OS. The summed E-state index contributed by atoms with van der Waals surface area (Å²) in [5, 5.41) is 4.67. The molecule has 1 saturated heterocycles. The van der Waals surface area contributed by atoms with Crippen molar-refractivity contribution in [3.05, 3.63) is 0 Å². The van der Waals surface area contributed by atoms with Gasteiger partial charge in [-0.3, -0.25) is 4.99 Å². The number of rotatable bonds is 8. The van der Waals surface area contributed by atoms with Crippen molar-refractivity contribution in [1.29, 1.82) is 0 Å². The highest BCUT2D eigenvalue weighted by Gasteiger charge is 2.33. The van der Waals surface area contributed by atoms with Crippen molar-refractivity contribution in [3.63, 3.8) is 0 Å². The van der Waals surface area contributed by atoms with Crippen LogP contribution in [0.15, 0.2) is 4.99 Å². The molecule has 0 aromatic carbocycles. The van der Waals surface area contributed by atoms with Crippen molar-refractivity contribution >= 4 is 16.9 Å². The van der Waals surface area contributed by atoms with Gasteiger partial charge in [0.15, 0.2) is 5.17 Å². The van der Waals surface area contributed by atoms with E-state index in [-0.39, 0.29) is 5.54 Å². The molecule has 0 saturated carbocycles. The first-order valence-corrected chi connectivity index (χ1v) is 8.13. The minimum absolute atomic E-state index is 0.280. The highest BCUT2D eigenvalue weighted by molar-refractivity contribution is 8.14. The molecular weight excluding hydrogens is 244 g/mol. The first-order chi connectivity index (χ1) is 8.62. The molecule has 1 aliphatic rings. The third-order valence-corrected chi connectivity index (χ3v) is 4.74. The zero-order chi connectivity index (χ0) is 13.4. The summed E-state index contributed by atoms with van der Waals surface area (Å²) in [6.07, 6.45) is 3.47. The Morgan fingerprint density at radius 1 is 1.33 bits per heavy atom. The maximum absolute atomic E-state index is 5.56. The predicted octanol–water partition coefficient (Wildman–Crippen LogP) is 3.30. The van der Waals surface area contributed by atoms with Gasteiger partial charge in [0.1, 0.15) is 0 Å². The van der Waals surface area contributed by atoms with Gasteiger partial charge < -0.3 is 10.1 Å². The molecule has 0 amide bonds. The lowest BCUT2D eigenvalue weighted by molar-refractivity contribution is 0.131. The lowest BCUT2D eigenvalue weighted by atomic mass is 9.96. The predicted molar refractivity (Wildman–Crippen MR) is 81.5 cm³/mol. The van der Waals surface area contributed by atoms with Gasteiger partial charge in [-0.15, -0.1) is 0 Å². The lowest BCUT2D eigenvalue weighted by Crippen LogP contribution is -2.42. The summed E-state index contributed by atoms with van der Waals surface area (Å²) in [5.41, 5.74) is 0.280. The van der Waals surface area contributed by atoms with Crippen LogP contribution in [0.4, 0.5) is 0 Å². The first-order valence-electron chi connectivity index (χ1n) is 7.15. The van der Waals surface area contributed by atoms with Gasteiger partial charge in [-0.25, -0.2) is 0 Å². The van der Waals surface area contributed by atoms with Crippen molar-refractivity contribution in [2.75, 3.05) is 25.5 Å². The zero-order valence-corrected chi connectivity index (χ0v) is 13.1. The summed E-state index contributed by atoms with van der Waals surface area (Å²) in [6.45, 7) is 11.3. The van der Waals surface area contributed by atoms with Crippen LogP contribution in [0.2, 0.25) is 0 Å². The van der Waals surface area contributed by atoms with E-state index in [0.29, 0.717) is 0 Å².